The minimum absolute atomic E-state index is 0.156. The van der Waals surface area contributed by atoms with Crippen molar-refractivity contribution in [3.63, 3.8) is 0 Å². The van der Waals surface area contributed by atoms with Crippen LogP contribution >= 0.6 is 11.3 Å². The Labute approximate surface area is 104 Å². The summed E-state index contributed by atoms with van der Waals surface area (Å²) < 4.78 is 0. The van der Waals surface area contributed by atoms with Gasteiger partial charge in [-0.25, -0.2) is 4.98 Å². The molecule has 0 unspecified atom stereocenters. The summed E-state index contributed by atoms with van der Waals surface area (Å²) in [5, 5.41) is 0.896. The number of aromatic nitrogens is 1. The molecule has 0 saturated heterocycles. The molecule has 0 aliphatic rings. The molecular weight excluding hydrogens is 234 g/mol. The number of hydrogen-bond donors (Lipinski definition) is 2. The number of rotatable bonds is 3. The second-order valence-electron chi connectivity index (χ2n) is 3.59. The van der Waals surface area contributed by atoms with E-state index in [1.165, 1.54) is 11.3 Å². The molecule has 5 heteroatoms. The summed E-state index contributed by atoms with van der Waals surface area (Å²) in [6.45, 7) is 3.72. The lowest BCUT2D eigenvalue weighted by Gasteiger charge is -2.07. The van der Waals surface area contributed by atoms with Gasteiger partial charge in [-0.15, -0.1) is 11.3 Å². The highest BCUT2D eigenvalue weighted by Gasteiger charge is 2.12. The molecule has 1 heterocycles. The third kappa shape index (κ3) is 2.82. The molecule has 1 aromatic carbocycles. The molecule has 0 aliphatic carbocycles. The Morgan fingerprint density at radius 2 is 1.94 bits per heavy atom. The molecule has 0 saturated carbocycles. The lowest BCUT2D eigenvalue weighted by atomic mass is 10.3. The van der Waals surface area contributed by atoms with Crippen LogP contribution in [0.3, 0.4) is 0 Å². The molecule has 88 valence electrons. The van der Waals surface area contributed by atoms with Crippen LogP contribution < -0.4 is 10.9 Å². The lowest BCUT2D eigenvalue weighted by Crippen LogP contribution is -2.29. The number of hydrazine groups is 1. The van der Waals surface area contributed by atoms with E-state index in [4.69, 9.17) is 0 Å². The molecule has 0 radical (unpaired) electrons. The van der Waals surface area contributed by atoms with Crippen LogP contribution in [0.5, 0.6) is 0 Å². The Morgan fingerprint density at radius 1 is 1.24 bits per heavy atom. The molecule has 1 aromatic heterocycles. The smallest absolute Gasteiger partial charge is 0.281 e. The molecule has 2 N–H and O–H groups in total. The minimum atomic E-state index is -0.156. The van der Waals surface area contributed by atoms with Gasteiger partial charge in [-0.3, -0.25) is 15.6 Å². The molecule has 2 rings (SSSR count). The number of amides is 1. The van der Waals surface area contributed by atoms with Crippen molar-refractivity contribution < 1.29 is 4.79 Å². The highest BCUT2D eigenvalue weighted by atomic mass is 32.1. The number of nitrogens with one attached hydrogen (secondary N) is 2. The minimum Gasteiger partial charge on any atom is -0.298 e. The van der Waals surface area contributed by atoms with E-state index in [1.807, 2.05) is 44.2 Å². The fourth-order valence-electron chi connectivity index (χ4n) is 1.45. The zero-order valence-electron chi connectivity index (χ0n) is 9.65. The van der Waals surface area contributed by atoms with Gasteiger partial charge in [0.15, 0.2) is 0 Å². The van der Waals surface area contributed by atoms with Gasteiger partial charge in [-0.2, -0.15) is 0 Å². The van der Waals surface area contributed by atoms with Crippen LogP contribution in [0.15, 0.2) is 30.3 Å². The summed E-state index contributed by atoms with van der Waals surface area (Å²) in [5.41, 5.74) is 7.12. The molecule has 2 aromatic rings. The van der Waals surface area contributed by atoms with E-state index in [9.17, 15) is 4.79 Å². The number of thiazole rings is 1. The van der Waals surface area contributed by atoms with Crippen LogP contribution in [0, 0.1) is 13.8 Å². The fourth-order valence-corrected chi connectivity index (χ4v) is 2.26. The lowest BCUT2D eigenvalue weighted by molar-refractivity contribution is 0.0966. The molecular formula is C12H13N3OS. The van der Waals surface area contributed by atoms with Crippen molar-refractivity contribution in [3.05, 3.63) is 45.9 Å². The van der Waals surface area contributed by atoms with Crippen LogP contribution in [-0.4, -0.2) is 10.9 Å². The topological polar surface area (TPSA) is 54.0 Å². The van der Waals surface area contributed by atoms with Gasteiger partial charge in [0.2, 0.25) is 0 Å². The fraction of sp³-hybridized carbons (Fsp3) is 0.167. The van der Waals surface area contributed by atoms with E-state index >= 15 is 0 Å². The second kappa shape index (κ2) is 4.97. The third-order valence-corrected chi connectivity index (χ3v) is 3.28. The third-order valence-electron chi connectivity index (χ3n) is 2.20. The largest absolute Gasteiger partial charge is 0.298 e. The zero-order chi connectivity index (χ0) is 12.3. The Kier molecular flexibility index (Phi) is 3.39. The van der Waals surface area contributed by atoms with Gasteiger partial charge in [0.1, 0.15) is 4.88 Å². The van der Waals surface area contributed by atoms with Crippen LogP contribution in [0.1, 0.15) is 20.4 Å². The summed E-state index contributed by atoms with van der Waals surface area (Å²) in [6.07, 6.45) is 0. The van der Waals surface area contributed by atoms with Crippen LogP contribution in [0.25, 0.3) is 0 Å². The average Bonchev–Trinajstić information content (AvgIpc) is 2.67. The maximum Gasteiger partial charge on any atom is 0.281 e. The van der Waals surface area contributed by atoms with E-state index < -0.39 is 0 Å². The van der Waals surface area contributed by atoms with Gasteiger partial charge in [0, 0.05) is 0 Å². The predicted octanol–water partition coefficient (Wildman–Crippen LogP) is 2.52. The zero-order valence-corrected chi connectivity index (χ0v) is 10.5. The van der Waals surface area contributed by atoms with Gasteiger partial charge < -0.3 is 0 Å². The molecule has 0 aliphatic heterocycles. The maximum atomic E-state index is 11.8. The maximum absolute atomic E-state index is 11.8. The number of anilines is 1. The van der Waals surface area contributed by atoms with Crippen LogP contribution in [-0.2, 0) is 0 Å². The van der Waals surface area contributed by atoms with Crippen molar-refractivity contribution in [2.75, 3.05) is 5.43 Å². The first kappa shape index (κ1) is 11.6. The summed E-state index contributed by atoms with van der Waals surface area (Å²) in [5.74, 6) is -0.156. The highest BCUT2D eigenvalue weighted by molar-refractivity contribution is 7.13. The van der Waals surface area contributed by atoms with Crippen molar-refractivity contribution in [1.29, 1.82) is 0 Å². The molecule has 4 nitrogen and oxygen atoms in total. The number of hydrogen-bond acceptors (Lipinski definition) is 4. The van der Waals surface area contributed by atoms with E-state index in [-0.39, 0.29) is 5.91 Å². The predicted molar refractivity (Wildman–Crippen MR) is 69.1 cm³/mol. The summed E-state index contributed by atoms with van der Waals surface area (Å²) in [6, 6.07) is 9.48. The first-order valence-electron chi connectivity index (χ1n) is 5.22. The summed E-state index contributed by atoms with van der Waals surface area (Å²) >= 11 is 1.39. The molecule has 1 amide bonds. The number of nitrogens with zero attached hydrogens (tertiary/aromatic N) is 1. The van der Waals surface area contributed by atoms with Gasteiger partial charge >= 0.3 is 0 Å². The van der Waals surface area contributed by atoms with Crippen molar-refractivity contribution >= 4 is 22.9 Å². The van der Waals surface area contributed by atoms with Gasteiger partial charge in [-0.1, -0.05) is 18.2 Å². The summed E-state index contributed by atoms with van der Waals surface area (Å²) in [4.78, 5) is 16.7. The van der Waals surface area contributed by atoms with Crippen molar-refractivity contribution in [2.45, 2.75) is 13.8 Å². The van der Waals surface area contributed by atoms with Crippen LogP contribution in [0.2, 0.25) is 0 Å². The Balaban J connectivity index is 2.01. The monoisotopic (exact) mass is 247 g/mol. The number of carbonyl (C=O) groups excluding carboxylic acids is 1. The van der Waals surface area contributed by atoms with Gasteiger partial charge in [0.25, 0.3) is 5.91 Å². The summed E-state index contributed by atoms with van der Waals surface area (Å²) in [7, 11) is 0. The van der Waals surface area contributed by atoms with Crippen molar-refractivity contribution in [3.8, 4) is 0 Å². The van der Waals surface area contributed by atoms with Crippen molar-refractivity contribution in [2.24, 2.45) is 0 Å². The Bertz CT molecular complexity index is 522. The molecule has 17 heavy (non-hydrogen) atoms. The first-order valence-corrected chi connectivity index (χ1v) is 6.04. The van der Waals surface area contributed by atoms with Gasteiger partial charge in [-0.05, 0) is 26.0 Å². The number of benzene rings is 1. The second-order valence-corrected chi connectivity index (χ2v) is 4.80. The molecule has 0 fully saturated rings. The van der Waals surface area contributed by atoms with Gasteiger partial charge in [0.05, 0.1) is 16.4 Å². The highest BCUT2D eigenvalue weighted by Crippen LogP contribution is 2.16. The Hall–Kier alpha value is -1.88. The molecule has 0 atom stereocenters. The van der Waals surface area contributed by atoms with E-state index in [1.54, 1.807) is 0 Å². The first-order chi connectivity index (χ1) is 8.16. The molecule has 0 bridgehead atoms. The number of para-hydroxylation sites is 1. The standard InChI is InChI=1S/C12H13N3OS/c1-8-11(17-9(2)13-8)12(16)15-14-10-6-4-3-5-7-10/h3-7,14H,1-2H3,(H,15,16). The quantitative estimate of drug-likeness (QED) is 0.819. The molecule has 0 spiro atoms. The number of carbonyl (C=O) groups is 1. The number of aryl methyl sites for hydroxylation is 2. The van der Waals surface area contributed by atoms with E-state index in [0.29, 0.717) is 4.88 Å². The van der Waals surface area contributed by atoms with E-state index in [0.717, 1.165) is 16.4 Å². The van der Waals surface area contributed by atoms with Crippen molar-refractivity contribution in [1.82, 2.24) is 10.4 Å². The average molecular weight is 247 g/mol. The normalized spacial score (nSPS) is 10.0. The Morgan fingerprint density at radius 3 is 2.53 bits per heavy atom. The van der Waals surface area contributed by atoms with Crippen LogP contribution in [0.4, 0.5) is 5.69 Å². The SMILES string of the molecule is Cc1nc(C)c(C(=O)NNc2ccccc2)s1. The van der Waals surface area contributed by atoms with E-state index in [2.05, 4.69) is 15.8 Å².